The number of aromatic carboxylic acids is 1. The fourth-order valence-corrected chi connectivity index (χ4v) is 2.45. The molecule has 3 rings (SSSR count). The van der Waals surface area contributed by atoms with Crippen LogP contribution in [0.4, 0.5) is 0 Å². The third-order valence-corrected chi connectivity index (χ3v) is 3.43. The molecule has 0 saturated carbocycles. The van der Waals surface area contributed by atoms with Crippen molar-refractivity contribution in [2.75, 3.05) is 13.2 Å². The number of hydrogen-bond acceptors (Lipinski definition) is 3. The van der Waals surface area contributed by atoms with Crippen molar-refractivity contribution in [2.45, 2.75) is 5.60 Å². The molecule has 1 fully saturated rings. The summed E-state index contributed by atoms with van der Waals surface area (Å²) in [7, 11) is 0. The summed E-state index contributed by atoms with van der Waals surface area (Å²) < 4.78 is 6.60. The van der Waals surface area contributed by atoms with Gasteiger partial charge in [0, 0.05) is 6.20 Å². The Hall–Kier alpha value is -0.560. The summed E-state index contributed by atoms with van der Waals surface area (Å²) >= 11 is 6.03. The summed E-state index contributed by atoms with van der Waals surface area (Å²) in [6, 6.07) is 4.77. The van der Waals surface area contributed by atoms with Gasteiger partial charge < -0.3 is 19.4 Å². The number of rotatable bonds is 2. The van der Waals surface area contributed by atoms with Crippen LogP contribution in [0.3, 0.4) is 0 Å². The third-order valence-electron chi connectivity index (χ3n) is 3.13. The van der Waals surface area contributed by atoms with Crippen LogP contribution in [0.1, 0.15) is 16.1 Å². The Morgan fingerprint density at radius 1 is 1.47 bits per heavy atom. The molecule has 2 aromatic heterocycles. The predicted molar refractivity (Wildman–Crippen MR) is 71.2 cm³/mol. The van der Waals surface area contributed by atoms with Gasteiger partial charge in [-0.25, -0.2) is 4.79 Å². The van der Waals surface area contributed by atoms with Crippen molar-refractivity contribution >= 4 is 52.6 Å². The van der Waals surface area contributed by atoms with E-state index in [1.165, 1.54) is 6.07 Å². The molecular weight excluding hydrogens is 281 g/mol. The van der Waals surface area contributed by atoms with E-state index in [9.17, 15) is 15.0 Å². The van der Waals surface area contributed by atoms with Gasteiger partial charge in [0.05, 0.1) is 35.0 Å². The van der Waals surface area contributed by atoms with Crippen LogP contribution in [0, 0.1) is 0 Å². The van der Waals surface area contributed by atoms with Gasteiger partial charge in [-0.1, -0.05) is 11.6 Å². The first kappa shape index (κ1) is 14.8. The zero-order valence-corrected chi connectivity index (χ0v) is 10.0. The van der Waals surface area contributed by atoms with Gasteiger partial charge in [0.1, 0.15) is 0 Å². The van der Waals surface area contributed by atoms with Crippen LogP contribution in [0.15, 0.2) is 24.4 Å². The van der Waals surface area contributed by atoms with Gasteiger partial charge in [-0.2, -0.15) is 0 Å². The quantitative estimate of drug-likeness (QED) is 0.805. The van der Waals surface area contributed by atoms with E-state index < -0.39 is 11.6 Å². The number of aliphatic hydroxyl groups is 1. The number of ether oxygens (including phenoxy) is 1. The number of aromatic nitrogens is 1. The molecule has 0 bridgehead atoms. The summed E-state index contributed by atoms with van der Waals surface area (Å²) in [5.74, 6) is -1.07. The van der Waals surface area contributed by atoms with E-state index in [1.54, 1.807) is 22.7 Å². The second-order valence-corrected chi connectivity index (χ2v) is 4.75. The van der Waals surface area contributed by atoms with E-state index in [1.807, 2.05) is 0 Å². The van der Waals surface area contributed by atoms with E-state index in [0.717, 1.165) is 0 Å². The number of halogens is 1. The fraction of sp³-hybridized carbons (Fsp3) is 0.250. The Balaban J connectivity index is 0.00000133. The summed E-state index contributed by atoms with van der Waals surface area (Å²) in [6.07, 6.45) is 1.68. The van der Waals surface area contributed by atoms with Gasteiger partial charge in [-0.3, -0.25) is 0 Å². The second kappa shape index (κ2) is 5.09. The molecular formula is C12H11ClNNaO4. The average Bonchev–Trinajstić information content (AvgIpc) is 2.67. The van der Waals surface area contributed by atoms with Crippen molar-refractivity contribution < 1.29 is 19.7 Å². The van der Waals surface area contributed by atoms with Crippen LogP contribution in [0.2, 0.25) is 5.02 Å². The second-order valence-electron chi connectivity index (χ2n) is 4.35. The van der Waals surface area contributed by atoms with Crippen molar-refractivity contribution in [1.82, 2.24) is 4.40 Å². The number of carboxylic acids is 1. The number of hydrogen-bond donors (Lipinski definition) is 2. The first-order chi connectivity index (χ1) is 8.53. The van der Waals surface area contributed by atoms with E-state index in [-0.39, 0.29) is 48.3 Å². The Kier molecular flexibility index (Phi) is 3.97. The summed E-state index contributed by atoms with van der Waals surface area (Å²) in [5.41, 5.74) is -0.178. The van der Waals surface area contributed by atoms with Crippen LogP contribution in [-0.4, -0.2) is 63.4 Å². The minimum atomic E-state index is -1.14. The van der Waals surface area contributed by atoms with Gasteiger partial charge in [0.2, 0.25) is 0 Å². The number of nitrogens with zero attached hydrogens (tertiary/aromatic N) is 1. The van der Waals surface area contributed by atoms with Gasteiger partial charge in [0.15, 0.2) is 5.60 Å². The molecule has 0 atom stereocenters. The number of pyridine rings is 1. The average molecular weight is 292 g/mol. The van der Waals surface area contributed by atoms with Crippen molar-refractivity contribution in [3.8, 4) is 0 Å². The summed E-state index contributed by atoms with van der Waals surface area (Å²) in [5, 5.41) is 19.8. The third kappa shape index (κ3) is 2.20. The van der Waals surface area contributed by atoms with Crippen LogP contribution in [-0.2, 0) is 10.3 Å². The molecule has 7 heteroatoms. The Bertz CT molecular complexity index is 650. The first-order valence-electron chi connectivity index (χ1n) is 5.36. The van der Waals surface area contributed by atoms with Gasteiger partial charge >= 0.3 is 35.5 Å². The zero-order valence-electron chi connectivity index (χ0n) is 9.26. The standard InChI is InChI=1S/C12H10ClNO4.Na.H/c13-8-2-1-3-14-9(12(17)5-18-6-12)4-7(10(8)14)11(15)16;;/h1-4,17H,5-6H2,(H,15,16);;. The van der Waals surface area contributed by atoms with Crippen molar-refractivity contribution in [3.63, 3.8) is 0 Å². The molecule has 1 aliphatic rings. The summed E-state index contributed by atoms with van der Waals surface area (Å²) in [4.78, 5) is 11.2. The topological polar surface area (TPSA) is 71.2 Å². The monoisotopic (exact) mass is 291 g/mol. The number of carboxylic acid groups (broad SMARTS) is 1. The maximum absolute atomic E-state index is 11.2. The SMILES string of the molecule is O=C(O)c1cc(C2(O)COC2)n2cccc(Cl)c12.[NaH]. The first-order valence-corrected chi connectivity index (χ1v) is 5.74. The Morgan fingerprint density at radius 3 is 2.68 bits per heavy atom. The molecule has 2 N–H and O–H groups in total. The Labute approximate surface area is 136 Å². The van der Waals surface area contributed by atoms with Gasteiger partial charge in [-0.05, 0) is 18.2 Å². The van der Waals surface area contributed by atoms with Gasteiger partial charge in [0.25, 0.3) is 0 Å². The van der Waals surface area contributed by atoms with E-state index in [2.05, 4.69) is 0 Å². The van der Waals surface area contributed by atoms with Crippen LogP contribution >= 0.6 is 11.6 Å². The summed E-state index contributed by atoms with van der Waals surface area (Å²) in [6.45, 7) is 0.315. The zero-order chi connectivity index (χ0) is 12.9. The minimum absolute atomic E-state index is 0. The molecule has 0 aliphatic carbocycles. The molecule has 3 heterocycles. The normalized spacial score (nSPS) is 16.7. The van der Waals surface area contributed by atoms with Crippen molar-refractivity contribution in [3.05, 3.63) is 40.7 Å². The van der Waals surface area contributed by atoms with Crippen molar-refractivity contribution in [2.24, 2.45) is 0 Å². The molecule has 1 aliphatic heterocycles. The van der Waals surface area contributed by atoms with E-state index in [0.29, 0.717) is 16.2 Å². The van der Waals surface area contributed by atoms with Crippen LogP contribution < -0.4 is 0 Å². The molecule has 1 saturated heterocycles. The predicted octanol–water partition coefficient (Wildman–Crippen LogP) is 0.860. The van der Waals surface area contributed by atoms with Crippen molar-refractivity contribution in [1.29, 1.82) is 0 Å². The maximum atomic E-state index is 11.2. The molecule has 0 spiro atoms. The number of carbonyl (C=O) groups is 1. The molecule has 96 valence electrons. The van der Waals surface area contributed by atoms with Crippen LogP contribution in [0.25, 0.3) is 5.52 Å². The molecule has 19 heavy (non-hydrogen) atoms. The van der Waals surface area contributed by atoms with E-state index >= 15 is 0 Å². The van der Waals surface area contributed by atoms with E-state index in [4.69, 9.17) is 16.3 Å². The van der Waals surface area contributed by atoms with Crippen LogP contribution in [0.5, 0.6) is 0 Å². The van der Waals surface area contributed by atoms with Gasteiger partial charge in [-0.15, -0.1) is 0 Å². The fourth-order valence-electron chi connectivity index (χ4n) is 2.18. The molecule has 0 unspecified atom stereocenters. The molecule has 5 nitrogen and oxygen atoms in total. The molecule has 0 aromatic carbocycles. The molecule has 0 amide bonds. The molecule has 2 aromatic rings. The number of fused-ring (bicyclic) bond motifs is 1. The molecule has 0 radical (unpaired) electrons. The Morgan fingerprint density at radius 2 is 2.16 bits per heavy atom.